The first-order valence-electron chi connectivity index (χ1n) is 5.54. The lowest BCUT2D eigenvalue weighted by Crippen LogP contribution is -1.89. The summed E-state index contributed by atoms with van der Waals surface area (Å²) in [5.74, 6) is 1.01. The third kappa shape index (κ3) is 2.29. The van der Waals surface area contributed by atoms with Crippen molar-refractivity contribution < 1.29 is 0 Å². The summed E-state index contributed by atoms with van der Waals surface area (Å²) < 4.78 is 0. The van der Waals surface area contributed by atoms with Crippen LogP contribution in [-0.4, -0.2) is 9.97 Å². The van der Waals surface area contributed by atoms with Gasteiger partial charge in [-0.05, 0) is 17.0 Å². The second-order valence-electron chi connectivity index (χ2n) is 3.87. The normalized spacial score (nSPS) is 10.6. The average Bonchev–Trinajstić information content (AvgIpc) is 3.00. The van der Waals surface area contributed by atoms with Crippen LogP contribution in [0.3, 0.4) is 0 Å². The molecule has 2 nitrogen and oxygen atoms in total. The van der Waals surface area contributed by atoms with Gasteiger partial charge in [-0.1, -0.05) is 36.4 Å². The number of aromatic amines is 1. The van der Waals surface area contributed by atoms with Crippen LogP contribution in [0.15, 0.2) is 54.0 Å². The predicted molar refractivity (Wildman–Crippen MR) is 71.1 cm³/mol. The number of hydrogen-bond donors (Lipinski definition) is 1. The highest BCUT2D eigenvalue weighted by molar-refractivity contribution is 7.13. The first-order valence-corrected chi connectivity index (χ1v) is 6.42. The molecule has 0 aliphatic rings. The second kappa shape index (κ2) is 4.55. The SMILES string of the molecule is c1ccc(Cc2nc(-c3cccs3)c[nH]2)cc1. The summed E-state index contributed by atoms with van der Waals surface area (Å²) in [5.41, 5.74) is 2.31. The fourth-order valence-electron chi connectivity index (χ4n) is 1.79. The molecule has 0 radical (unpaired) electrons. The average molecular weight is 240 g/mol. The molecule has 0 aliphatic heterocycles. The van der Waals surface area contributed by atoms with Crippen LogP contribution in [0.5, 0.6) is 0 Å². The molecule has 0 bridgehead atoms. The molecule has 0 spiro atoms. The monoisotopic (exact) mass is 240 g/mol. The highest BCUT2D eigenvalue weighted by atomic mass is 32.1. The van der Waals surface area contributed by atoms with Crippen molar-refractivity contribution in [3.05, 3.63) is 65.4 Å². The summed E-state index contributed by atoms with van der Waals surface area (Å²) in [6.07, 6.45) is 2.83. The summed E-state index contributed by atoms with van der Waals surface area (Å²) in [5, 5.41) is 2.07. The van der Waals surface area contributed by atoms with Crippen molar-refractivity contribution in [1.29, 1.82) is 0 Å². The van der Waals surface area contributed by atoms with Crippen molar-refractivity contribution >= 4 is 11.3 Å². The quantitative estimate of drug-likeness (QED) is 0.742. The van der Waals surface area contributed by atoms with E-state index in [4.69, 9.17) is 0 Å². The van der Waals surface area contributed by atoms with Gasteiger partial charge in [0.2, 0.25) is 0 Å². The molecule has 0 saturated carbocycles. The Morgan fingerprint density at radius 1 is 1.06 bits per heavy atom. The van der Waals surface area contributed by atoms with Gasteiger partial charge in [-0.2, -0.15) is 0 Å². The van der Waals surface area contributed by atoms with Gasteiger partial charge in [-0.3, -0.25) is 0 Å². The molecule has 84 valence electrons. The largest absolute Gasteiger partial charge is 0.348 e. The van der Waals surface area contributed by atoms with E-state index in [0.29, 0.717) is 0 Å². The molecule has 0 aliphatic carbocycles. The van der Waals surface area contributed by atoms with E-state index in [0.717, 1.165) is 17.9 Å². The van der Waals surface area contributed by atoms with Gasteiger partial charge < -0.3 is 4.98 Å². The number of H-pyrrole nitrogens is 1. The van der Waals surface area contributed by atoms with Gasteiger partial charge in [0.05, 0.1) is 10.6 Å². The number of hydrogen-bond acceptors (Lipinski definition) is 2. The van der Waals surface area contributed by atoms with Gasteiger partial charge in [0.1, 0.15) is 5.82 Å². The lowest BCUT2D eigenvalue weighted by atomic mass is 10.1. The molecule has 3 heteroatoms. The third-order valence-electron chi connectivity index (χ3n) is 2.62. The lowest BCUT2D eigenvalue weighted by Gasteiger charge is -1.96. The second-order valence-corrected chi connectivity index (χ2v) is 4.82. The molecule has 0 fully saturated rings. The zero-order chi connectivity index (χ0) is 11.5. The van der Waals surface area contributed by atoms with Crippen molar-refractivity contribution in [2.45, 2.75) is 6.42 Å². The summed E-state index contributed by atoms with van der Waals surface area (Å²) in [4.78, 5) is 9.05. The van der Waals surface area contributed by atoms with Crippen LogP contribution < -0.4 is 0 Å². The summed E-state index contributed by atoms with van der Waals surface area (Å²) >= 11 is 1.71. The van der Waals surface area contributed by atoms with Crippen LogP contribution in [-0.2, 0) is 6.42 Å². The zero-order valence-corrected chi connectivity index (χ0v) is 10.1. The zero-order valence-electron chi connectivity index (χ0n) is 9.26. The van der Waals surface area contributed by atoms with E-state index in [-0.39, 0.29) is 0 Å². The fraction of sp³-hybridized carbons (Fsp3) is 0.0714. The molecule has 3 rings (SSSR count). The van der Waals surface area contributed by atoms with Gasteiger partial charge in [0, 0.05) is 12.6 Å². The number of benzene rings is 1. The van der Waals surface area contributed by atoms with Gasteiger partial charge in [0.25, 0.3) is 0 Å². The van der Waals surface area contributed by atoms with E-state index in [9.17, 15) is 0 Å². The standard InChI is InChI=1S/C14H12N2S/c1-2-5-11(6-3-1)9-14-15-10-12(16-14)13-7-4-8-17-13/h1-8,10H,9H2,(H,15,16). The minimum atomic E-state index is 0.853. The smallest absolute Gasteiger partial charge is 0.111 e. The maximum atomic E-state index is 4.60. The van der Waals surface area contributed by atoms with E-state index >= 15 is 0 Å². The number of nitrogens with one attached hydrogen (secondary N) is 1. The molecule has 2 aromatic heterocycles. The van der Waals surface area contributed by atoms with Crippen molar-refractivity contribution in [2.75, 3.05) is 0 Å². The van der Waals surface area contributed by atoms with E-state index < -0.39 is 0 Å². The molecule has 1 N–H and O–H groups in total. The first kappa shape index (κ1) is 10.3. The molecule has 2 heterocycles. The van der Waals surface area contributed by atoms with Gasteiger partial charge in [-0.15, -0.1) is 11.3 Å². The Labute approximate surface area is 104 Å². The fourth-order valence-corrected chi connectivity index (χ4v) is 2.48. The van der Waals surface area contributed by atoms with E-state index in [1.165, 1.54) is 10.4 Å². The lowest BCUT2D eigenvalue weighted by molar-refractivity contribution is 1.03. The van der Waals surface area contributed by atoms with E-state index in [1.807, 2.05) is 18.3 Å². The van der Waals surface area contributed by atoms with Crippen molar-refractivity contribution in [3.63, 3.8) is 0 Å². The highest BCUT2D eigenvalue weighted by Gasteiger charge is 2.04. The summed E-state index contributed by atoms with van der Waals surface area (Å²) in [7, 11) is 0. The van der Waals surface area contributed by atoms with Crippen LogP contribution in [0, 0.1) is 0 Å². The number of imidazole rings is 1. The topological polar surface area (TPSA) is 28.7 Å². The number of rotatable bonds is 3. The Morgan fingerprint density at radius 3 is 2.71 bits per heavy atom. The number of nitrogens with zero attached hydrogens (tertiary/aromatic N) is 1. The highest BCUT2D eigenvalue weighted by Crippen LogP contribution is 2.22. The van der Waals surface area contributed by atoms with E-state index in [1.54, 1.807) is 11.3 Å². The first-order chi connectivity index (χ1) is 8.42. The molecule has 0 unspecified atom stereocenters. The van der Waals surface area contributed by atoms with Crippen LogP contribution in [0.4, 0.5) is 0 Å². The summed E-state index contributed by atoms with van der Waals surface area (Å²) in [6, 6.07) is 14.5. The number of thiophene rings is 1. The molecule has 17 heavy (non-hydrogen) atoms. The Morgan fingerprint density at radius 2 is 1.94 bits per heavy atom. The third-order valence-corrected chi connectivity index (χ3v) is 3.51. The van der Waals surface area contributed by atoms with Crippen LogP contribution >= 0.6 is 11.3 Å². The summed E-state index contributed by atoms with van der Waals surface area (Å²) in [6.45, 7) is 0. The molecule has 0 atom stereocenters. The Balaban J connectivity index is 1.82. The van der Waals surface area contributed by atoms with Crippen molar-refractivity contribution in [3.8, 4) is 10.6 Å². The Hall–Kier alpha value is -1.87. The minimum Gasteiger partial charge on any atom is -0.348 e. The van der Waals surface area contributed by atoms with Gasteiger partial charge in [-0.25, -0.2) is 4.98 Å². The molecule has 3 aromatic rings. The maximum Gasteiger partial charge on any atom is 0.111 e. The van der Waals surface area contributed by atoms with Gasteiger partial charge in [0.15, 0.2) is 0 Å². The van der Waals surface area contributed by atoms with Crippen LogP contribution in [0.1, 0.15) is 11.4 Å². The predicted octanol–water partition coefficient (Wildman–Crippen LogP) is 3.73. The molecular formula is C14H12N2S. The van der Waals surface area contributed by atoms with Crippen LogP contribution in [0.2, 0.25) is 0 Å². The number of aromatic nitrogens is 2. The van der Waals surface area contributed by atoms with Gasteiger partial charge >= 0.3 is 0 Å². The Kier molecular flexibility index (Phi) is 2.76. The minimum absolute atomic E-state index is 0.853. The van der Waals surface area contributed by atoms with Crippen molar-refractivity contribution in [2.24, 2.45) is 0 Å². The van der Waals surface area contributed by atoms with E-state index in [2.05, 4.69) is 45.7 Å². The van der Waals surface area contributed by atoms with Crippen LogP contribution in [0.25, 0.3) is 10.6 Å². The Bertz CT molecular complexity index is 582. The van der Waals surface area contributed by atoms with Crippen molar-refractivity contribution in [1.82, 2.24) is 9.97 Å². The molecule has 0 amide bonds. The molecule has 1 aromatic carbocycles. The molecule has 0 saturated heterocycles. The maximum absolute atomic E-state index is 4.60. The molecular weight excluding hydrogens is 228 g/mol.